The Morgan fingerprint density at radius 1 is 1.42 bits per heavy atom. The standard InChI is InChI=1S/C16H24N2O/c1-3-9-18(10-4-2)11-8-13-6-5-7-15-14(13)12-16(19)17-15/h5-7H,3-4,8-12H2,1-2H3,(H,17,19)/i5D,6D,7D,8D2,11D2,12D2. The molecule has 0 aliphatic carbocycles. The fourth-order valence-corrected chi connectivity index (χ4v) is 1.88. The predicted molar refractivity (Wildman–Crippen MR) is 79.5 cm³/mol. The van der Waals surface area contributed by atoms with Crippen molar-refractivity contribution in [2.75, 3.05) is 24.9 Å². The van der Waals surface area contributed by atoms with Gasteiger partial charge in [0.25, 0.3) is 0 Å². The van der Waals surface area contributed by atoms with Crippen molar-refractivity contribution in [1.82, 2.24) is 4.90 Å². The summed E-state index contributed by atoms with van der Waals surface area (Å²) in [5, 5.41) is 2.16. The van der Waals surface area contributed by atoms with Gasteiger partial charge in [-0.3, -0.25) is 4.79 Å². The molecule has 3 nitrogen and oxygen atoms in total. The second-order valence-electron chi connectivity index (χ2n) is 4.30. The molecule has 104 valence electrons. The maximum absolute atomic E-state index is 12.1. The van der Waals surface area contributed by atoms with Crippen LogP contribution in [-0.4, -0.2) is 30.4 Å². The van der Waals surface area contributed by atoms with Crippen LogP contribution in [0.5, 0.6) is 0 Å². The van der Waals surface area contributed by atoms with Gasteiger partial charge in [-0.05, 0) is 49.5 Å². The van der Waals surface area contributed by atoms with Crippen LogP contribution >= 0.6 is 0 Å². The Morgan fingerprint density at radius 2 is 2.16 bits per heavy atom. The highest BCUT2D eigenvalue weighted by Crippen LogP contribution is 2.26. The molecule has 1 aromatic rings. The average molecular weight is 269 g/mol. The quantitative estimate of drug-likeness (QED) is 0.825. The van der Waals surface area contributed by atoms with Crippen LogP contribution in [-0.2, 0) is 17.5 Å². The molecule has 1 heterocycles. The van der Waals surface area contributed by atoms with Crippen LogP contribution < -0.4 is 5.32 Å². The van der Waals surface area contributed by atoms with Crippen LogP contribution in [0.15, 0.2) is 18.1 Å². The van der Waals surface area contributed by atoms with Gasteiger partial charge in [-0.25, -0.2) is 0 Å². The number of hydrogen-bond acceptors (Lipinski definition) is 2. The summed E-state index contributed by atoms with van der Waals surface area (Å²) in [4.78, 5) is 13.4. The zero-order valence-electron chi connectivity index (χ0n) is 20.2. The number of nitrogens with zero attached hydrogens (tertiary/aromatic N) is 1. The number of fused-ring (bicyclic) bond motifs is 1. The number of carbonyl (C=O) groups excluding carboxylic acids is 1. The maximum Gasteiger partial charge on any atom is 0.228 e. The summed E-state index contributed by atoms with van der Waals surface area (Å²) in [6, 6.07) is -2.07. The largest absolute Gasteiger partial charge is 0.326 e. The molecule has 0 spiro atoms. The lowest BCUT2D eigenvalue weighted by Crippen LogP contribution is -2.28. The van der Waals surface area contributed by atoms with Crippen LogP contribution in [0, 0.1) is 0 Å². The lowest BCUT2D eigenvalue weighted by atomic mass is 10.0. The maximum atomic E-state index is 12.1. The SMILES string of the molecule is [2H]c1c([2H])c2c(c(C([2H])([2H])C([2H])([2H])N(CCC)CCC)c1[2H])C([2H])([2H])C(=O)N2. The molecule has 0 aromatic heterocycles. The molecular weight excluding hydrogens is 236 g/mol. The minimum absolute atomic E-state index is 0.240. The van der Waals surface area contributed by atoms with Gasteiger partial charge in [-0.15, -0.1) is 0 Å². The summed E-state index contributed by atoms with van der Waals surface area (Å²) < 4.78 is 74.3. The van der Waals surface area contributed by atoms with E-state index in [0.29, 0.717) is 12.8 Å². The first-order valence-corrected chi connectivity index (χ1v) is 6.47. The first-order chi connectivity index (χ1) is 12.8. The Hall–Kier alpha value is -1.35. The second-order valence-corrected chi connectivity index (χ2v) is 4.30. The summed E-state index contributed by atoms with van der Waals surface area (Å²) in [6.45, 7) is 1.48. The number of carbonyl (C=O) groups is 1. The van der Waals surface area contributed by atoms with Gasteiger partial charge in [0.1, 0.15) is 0 Å². The van der Waals surface area contributed by atoms with Gasteiger partial charge in [-0.1, -0.05) is 25.9 Å². The third-order valence-electron chi connectivity index (χ3n) is 2.68. The number of anilines is 1. The van der Waals surface area contributed by atoms with E-state index in [1.54, 1.807) is 0 Å². The summed E-state index contributed by atoms with van der Waals surface area (Å²) in [6.07, 6.45) is -4.55. The third kappa shape index (κ3) is 3.57. The highest BCUT2D eigenvalue weighted by Gasteiger charge is 2.20. The Kier molecular flexibility index (Phi) is 2.26. The summed E-state index contributed by atoms with van der Waals surface area (Å²) in [5.74, 6) is -1.13. The van der Waals surface area contributed by atoms with Gasteiger partial charge >= 0.3 is 0 Å². The van der Waals surface area contributed by atoms with E-state index in [4.69, 9.17) is 12.3 Å². The van der Waals surface area contributed by atoms with Crippen LogP contribution in [0.4, 0.5) is 5.69 Å². The molecule has 1 aliphatic heterocycles. The molecular formula is C16H24N2O. The molecule has 3 heteroatoms. The number of hydrogen-bond donors (Lipinski definition) is 1. The molecule has 19 heavy (non-hydrogen) atoms. The molecule has 0 bridgehead atoms. The Bertz CT molecular complexity index is 789. The zero-order chi connectivity index (χ0) is 21.7. The van der Waals surface area contributed by atoms with E-state index in [-0.39, 0.29) is 18.8 Å². The molecule has 0 radical (unpaired) electrons. The smallest absolute Gasteiger partial charge is 0.228 e. The molecule has 0 fully saturated rings. The van der Waals surface area contributed by atoms with Gasteiger partial charge in [0.2, 0.25) is 5.91 Å². The van der Waals surface area contributed by atoms with Crippen molar-refractivity contribution in [2.24, 2.45) is 0 Å². The molecule has 0 atom stereocenters. The fourth-order valence-electron chi connectivity index (χ4n) is 1.88. The van der Waals surface area contributed by atoms with Crippen molar-refractivity contribution in [1.29, 1.82) is 0 Å². The summed E-state index contributed by atoms with van der Waals surface area (Å²) in [7, 11) is 0. The molecule has 1 N–H and O–H groups in total. The van der Waals surface area contributed by atoms with E-state index in [0.717, 1.165) is 0 Å². The lowest BCUT2D eigenvalue weighted by molar-refractivity contribution is -0.115. The lowest BCUT2D eigenvalue weighted by Gasteiger charge is -2.21. The Labute approximate surface area is 128 Å². The topological polar surface area (TPSA) is 32.3 Å². The van der Waals surface area contributed by atoms with Gasteiger partial charge < -0.3 is 10.2 Å². The highest BCUT2D eigenvalue weighted by molar-refractivity contribution is 5.99. The first kappa shape index (κ1) is 6.40. The molecule has 1 aliphatic rings. The van der Waals surface area contributed by atoms with Crippen molar-refractivity contribution < 1.29 is 17.1 Å². The summed E-state index contributed by atoms with van der Waals surface area (Å²) >= 11 is 0. The van der Waals surface area contributed by atoms with E-state index in [1.165, 1.54) is 4.90 Å². The minimum Gasteiger partial charge on any atom is -0.326 e. The third-order valence-corrected chi connectivity index (χ3v) is 2.68. The fraction of sp³-hybridized carbons (Fsp3) is 0.562. The zero-order valence-corrected chi connectivity index (χ0v) is 11.2. The number of nitrogens with one attached hydrogen (secondary N) is 1. The van der Waals surface area contributed by atoms with Crippen LogP contribution in [0.1, 0.15) is 50.2 Å². The minimum atomic E-state index is -2.92. The molecule has 1 amide bonds. The van der Waals surface area contributed by atoms with Gasteiger partial charge in [0, 0.05) is 20.4 Å². The predicted octanol–water partition coefficient (Wildman–Crippen LogP) is 2.85. The van der Waals surface area contributed by atoms with E-state index >= 15 is 0 Å². The van der Waals surface area contributed by atoms with E-state index in [1.807, 2.05) is 13.8 Å². The molecule has 0 unspecified atom stereocenters. The molecule has 1 aromatic carbocycles. The number of benzene rings is 1. The summed E-state index contributed by atoms with van der Waals surface area (Å²) in [5.41, 5.74) is -1.64. The second kappa shape index (κ2) is 6.71. The Balaban J connectivity index is 2.82. The van der Waals surface area contributed by atoms with Crippen LogP contribution in [0.3, 0.4) is 0 Å². The van der Waals surface area contributed by atoms with Crippen molar-refractivity contribution in [2.45, 2.75) is 39.4 Å². The van der Waals surface area contributed by atoms with Gasteiger partial charge in [0.15, 0.2) is 0 Å². The normalized spacial score (nSPS) is 24.8. The Morgan fingerprint density at radius 3 is 2.84 bits per heavy atom. The highest BCUT2D eigenvalue weighted by atomic mass is 16.1. The van der Waals surface area contributed by atoms with Gasteiger partial charge in [-0.2, -0.15) is 0 Å². The van der Waals surface area contributed by atoms with Crippen LogP contribution in [0.2, 0.25) is 0 Å². The van der Waals surface area contributed by atoms with Gasteiger partial charge in [0.05, 0.1) is 10.5 Å². The van der Waals surface area contributed by atoms with Crippen molar-refractivity contribution in [3.05, 3.63) is 29.3 Å². The number of amides is 1. The monoisotopic (exact) mass is 269 g/mol. The van der Waals surface area contributed by atoms with Crippen molar-refractivity contribution in [3.8, 4) is 0 Å². The van der Waals surface area contributed by atoms with E-state index in [9.17, 15) is 4.79 Å². The van der Waals surface area contributed by atoms with Crippen molar-refractivity contribution in [3.63, 3.8) is 0 Å². The van der Waals surface area contributed by atoms with E-state index < -0.39 is 54.4 Å². The van der Waals surface area contributed by atoms with E-state index in [2.05, 4.69) is 5.32 Å². The molecule has 0 saturated carbocycles. The molecule has 2 rings (SSSR count). The number of rotatable bonds is 7. The first-order valence-electron chi connectivity index (χ1n) is 11.0. The van der Waals surface area contributed by atoms with Crippen molar-refractivity contribution >= 4 is 11.6 Å². The molecule has 0 saturated heterocycles. The average Bonchev–Trinajstić information content (AvgIpc) is 2.83. The van der Waals surface area contributed by atoms with Crippen LogP contribution in [0.25, 0.3) is 0 Å².